The number of ether oxygens (including phenoxy) is 1. The fraction of sp³-hybridized carbons (Fsp3) is 0.956. The molecule has 4 atom stereocenters. The van der Waals surface area contributed by atoms with Gasteiger partial charge in [0, 0.05) is 17.5 Å². The second kappa shape index (κ2) is 25.1. The lowest BCUT2D eigenvalue weighted by Gasteiger charge is -2.44. The van der Waals surface area contributed by atoms with Crippen molar-refractivity contribution in [2.45, 2.75) is 257 Å². The van der Waals surface area contributed by atoms with Crippen LogP contribution in [0, 0.1) is 11.3 Å². The fourth-order valence-corrected chi connectivity index (χ4v) is 9.99. The summed E-state index contributed by atoms with van der Waals surface area (Å²) >= 11 is 0. The van der Waals surface area contributed by atoms with E-state index in [1.807, 2.05) is 0 Å². The van der Waals surface area contributed by atoms with E-state index in [2.05, 4.69) is 38.3 Å². The van der Waals surface area contributed by atoms with Gasteiger partial charge in [0.2, 0.25) is 5.91 Å². The summed E-state index contributed by atoms with van der Waals surface area (Å²) in [6.07, 6.45) is 39.2. The van der Waals surface area contributed by atoms with Crippen LogP contribution in [0.15, 0.2) is 0 Å². The number of amides is 1. The maximum atomic E-state index is 14.9. The van der Waals surface area contributed by atoms with E-state index in [0.29, 0.717) is 17.7 Å². The first kappa shape index (κ1) is 43.5. The van der Waals surface area contributed by atoms with Crippen LogP contribution in [0.2, 0.25) is 0 Å². The maximum Gasteiger partial charge on any atom is 0.246 e. The third-order valence-corrected chi connectivity index (χ3v) is 13.4. The normalized spacial score (nSPS) is 26.9. The highest BCUT2D eigenvalue weighted by molar-refractivity contribution is 5.93. The van der Waals surface area contributed by atoms with Crippen molar-refractivity contribution in [2.24, 2.45) is 11.3 Å². The molecule has 0 saturated heterocycles. The smallest absolute Gasteiger partial charge is 0.246 e. The molecule has 0 heterocycles. The summed E-state index contributed by atoms with van der Waals surface area (Å²) < 4.78 is 6.19. The molecule has 5 heteroatoms. The maximum absolute atomic E-state index is 14.9. The summed E-state index contributed by atoms with van der Waals surface area (Å²) in [5.74, 6) is 1.07. The van der Waals surface area contributed by atoms with Gasteiger partial charge in [-0.3, -0.25) is 9.59 Å². The van der Waals surface area contributed by atoms with Crippen LogP contribution in [0.3, 0.4) is 0 Å². The van der Waals surface area contributed by atoms with Gasteiger partial charge in [-0.2, -0.15) is 0 Å². The second-order valence-corrected chi connectivity index (χ2v) is 17.7. The molecule has 3 fully saturated rings. The second-order valence-electron chi connectivity index (χ2n) is 17.7. The van der Waals surface area contributed by atoms with Crippen LogP contribution < -0.4 is 10.6 Å². The van der Waals surface area contributed by atoms with Gasteiger partial charge in [-0.25, -0.2) is 0 Å². The summed E-state index contributed by atoms with van der Waals surface area (Å²) in [6, 6.07) is 0.632. The predicted molar refractivity (Wildman–Crippen MR) is 213 cm³/mol. The molecule has 0 aliphatic heterocycles. The van der Waals surface area contributed by atoms with Crippen LogP contribution in [0.25, 0.3) is 0 Å². The van der Waals surface area contributed by atoms with E-state index in [0.717, 1.165) is 77.0 Å². The molecule has 0 spiro atoms. The minimum atomic E-state index is -0.473. The lowest BCUT2D eigenvalue weighted by molar-refractivity contribution is -0.139. The number of carbonyl (C=O) groups is 2. The Bertz CT molecular complexity index is 887. The zero-order valence-corrected chi connectivity index (χ0v) is 33.9. The minimum absolute atomic E-state index is 0.0795. The molecule has 5 nitrogen and oxygen atoms in total. The third-order valence-electron chi connectivity index (χ3n) is 13.4. The van der Waals surface area contributed by atoms with Crippen LogP contribution in [0.5, 0.6) is 0 Å². The molecular weight excluding hydrogens is 617 g/mol. The Balaban J connectivity index is 1.55. The molecule has 3 aliphatic carbocycles. The highest BCUT2D eigenvalue weighted by Gasteiger charge is 2.47. The molecule has 0 bridgehead atoms. The molecule has 4 unspecified atom stereocenters. The average molecular weight is 701 g/mol. The van der Waals surface area contributed by atoms with Gasteiger partial charge < -0.3 is 15.4 Å². The Hall–Kier alpha value is -0.940. The predicted octanol–water partition coefficient (Wildman–Crippen LogP) is 12.3. The van der Waals surface area contributed by atoms with Crippen molar-refractivity contribution in [1.29, 1.82) is 0 Å². The van der Waals surface area contributed by atoms with Crippen LogP contribution in [0.1, 0.15) is 233 Å². The Kier molecular flexibility index (Phi) is 21.9. The molecule has 3 saturated carbocycles. The Morgan fingerprint density at radius 3 is 1.44 bits per heavy atom. The number of nitrogens with one attached hydrogen (secondary N) is 2. The van der Waals surface area contributed by atoms with E-state index in [9.17, 15) is 9.59 Å². The van der Waals surface area contributed by atoms with Gasteiger partial charge in [0.05, 0.1) is 11.6 Å². The molecule has 0 aromatic carbocycles. The van der Waals surface area contributed by atoms with Gasteiger partial charge in [-0.05, 0) is 77.0 Å². The lowest BCUT2D eigenvalue weighted by atomic mass is 9.63. The molecule has 0 radical (unpaired) electrons. The molecule has 0 aromatic heterocycles. The first-order valence-electron chi connectivity index (χ1n) is 22.5. The van der Waals surface area contributed by atoms with E-state index in [1.54, 1.807) is 0 Å². The zero-order valence-electron chi connectivity index (χ0n) is 33.9. The molecule has 50 heavy (non-hydrogen) atoms. The number of carbonyl (C=O) groups excluding carboxylic acids is 2. The Labute approximate surface area is 310 Å². The SMILES string of the molecule is CCCC(C)(NC1CCCCCC(NC(=O)COC2CCCCCCCCC2)CCCC1)C(=O)C(C)(CC)C1CCCCCCCCCCC1. The highest BCUT2D eigenvalue weighted by atomic mass is 16.5. The molecule has 3 aliphatic rings. The van der Waals surface area contributed by atoms with Gasteiger partial charge in [0.15, 0.2) is 5.78 Å². The third kappa shape index (κ3) is 16.0. The monoisotopic (exact) mass is 701 g/mol. The van der Waals surface area contributed by atoms with E-state index in [-0.39, 0.29) is 30.1 Å². The molecule has 292 valence electrons. The first-order valence-corrected chi connectivity index (χ1v) is 22.5. The van der Waals surface area contributed by atoms with Gasteiger partial charge in [-0.1, -0.05) is 162 Å². The number of Topliss-reactive ketones (excluding diaryl/α,β-unsaturated/α-hetero) is 1. The number of hydrogen-bond acceptors (Lipinski definition) is 4. The minimum Gasteiger partial charge on any atom is -0.368 e. The standard InChI is InChI=1S/C45H84N2O3/c1-5-36-45(4,43(49)44(3,6-2)38-28-20-15-11-8-7-9-12-16-21-29-38)47-40-32-23-19-22-30-39(31-26-27-33-40)46-42(48)37-50-41-34-24-17-13-10-14-18-25-35-41/h38-41,47H,5-37H2,1-4H3,(H,46,48). The van der Waals surface area contributed by atoms with E-state index in [1.165, 1.54) is 128 Å². The van der Waals surface area contributed by atoms with E-state index in [4.69, 9.17) is 4.74 Å². The van der Waals surface area contributed by atoms with Crippen molar-refractivity contribution in [2.75, 3.05) is 6.61 Å². The molecule has 3 rings (SSSR count). The molecular formula is C45H84N2O3. The van der Waals surface area contributed by atoms with Crippen molar-refractivity contribution in [1.82, 2.24) is 10.6 Å². The van der Waals surface area contributed by atoms with Gasteiger partial charge in [0.25, 0.3) is 0 Å². The quantitative estimate of drug-likeness (QED) is 0.213. The van der Waals surface area contributed by atoms with Crippen LogP contribution >= 0.6 is 0 Å². The summed E-state index contributed by atoms with van der Waals surface area (Å²) in [4.78, 5) is 28.0. The highest BCUT2D eigenvalue weighted by Crippen LogP contribution is 2.43. The Morgan fingerprint density at radius 2 is 0.960 bits per heavy atom. The first-order chi connectivity index (χ1) is 24.3. The topological polar surface area (TPSA) is 67.4 Å². The van der Waals surface area contributed by atoms with Crippen molar-refractivity contribution in [3.63, 3.8) is 0 Å². The number of hydrogen-bond donors (Lipinski definition) is 2. The molecule has 2 N–H and O–H groups in total. The number of rotatable bonds is 12. The van der Waals surface area contributed by atoms with Crippen molar-refractivity contribution in [3.8, 4) is 0 Å². The molecule has 0 aromatic rings. The average Bonchev–Trinajstić information content (AvgIpc) is 3.15. The molecule has 1 amide bonds. The summed E-state index contributed by atoms with van der Waals surface area (Å²) in [5, 5.41) is 7.47. The van der Waals surface area contributed by atoms with E-state index < -0.39 is 5.54 Å². The number of ketones is 1. The zero-order chi connectivity index (χ0) is 35.9. The van der Waals surface area contributed by atoms with Crippen molar-refractivity contribution < 1.29 is 14.3 Å². The van der Waals surface area contributed by atoms with Gasteiger partial charge in [0.1, 0.15) is 6.61 Å². The summed E-state index contributed by atoms with van der Waals surface area (Å²) in [5.41, 5.74) is -0.739. The van der Waals surface area contributed by atoms with Crippen molar-refractivity contribution >= 4 is 11.7 Å². The van der Waals surface area contributed by atoms with Gasteiger partial charge in [-0.15, -0.1) is 0 Å². The van der Waals surface area contributed by atoms with Crippen LogP contribution in [-0.2, 0) is 14.3 Å². The fourth-order valence-electron chi connectivity index (χ4n) is 9.99. The van der Waals surface area contributed by atoms with Gasteiger partial charge >= 0.3 is 0 Å². The Morgan fingerprint density at radius 1 is 0.560 bits per heavy atom. The van der Waals surface area contributed by atoms with Crippen LogP contribution in [-0.4, -0.2) is 42.0 Å². The summed E-state index contributed by atoms with van der Waals surface area (Å²) in [7, 11) is 0. The van der Waals surface area contributed by atoms with Crippen LogP contribution in [0.4, 0.5) is 0 Å². The summed E-state index contributed by atoms with van der Waals surface area (Å²) in [6.45, 7) is 9.37. The largest absolute Gasteiger partial charge is 0.368 e. The van der Waals surface area contributed by atoms with Crippen molar-refractivity contribution in [3.05, 3.63) is 0 Å². The van der Waals surface area contributed by atoms with E-state index >= 15 is 0 Å². The lowest BCUT2D eigenvalue weighted by Crippen LogP contribution is -2.59.